The van der Waals surface area contributed by atoms with Crippen LogP contribution < -0.4 is 0 Å². The highest BCUT2D eigenvalue weighted by atomic mass is 16.7. The number of rotatable bonds is 2. The van der Waals surface area contributed by atoms with Crippen LogP contribution in [0.15, 0.2) is 0 Å². The fraction of sp³-hybridized carbons (Fsp3) is 0.875. The maximum Gasteiger partial charge on any atom is 0.341 e. The van der Waals surface area contributed by atoms with Gasteiger partial charge in [0.15, 0.2) is 5.60 Å². The predicted octanol–water partition coefficient (Wildman–Crippen LogP) is 0.871. The van der Waals surface area contributed by atoms with Gasteiger partial charge in [0.1, 0.15) is 0 Å². The summed E-state index contributed by atoms with van der Waals surface area (Å²) in [4.78, 5) is 11.3. The minimum absolute atomic E-state index is 0.150. The van der Waals surface area contributed by atoms with Crippen molar-refractivity contribution in [1.29, 1.82) is 0 Å². The number of hydrogen-bond acceptors (Lipinski definition) is 3. The third-order valence-electron chi connectivity index (χ3n) is 2.45. The number of carbonyl (C=O) groups is 1. The van der Waals surface area contributed by atoms with Crippen molar-refractivity contribution in [3.63, 3.8) is 0 Å². The molecule has 0 aromatic rings. The van der Waals surface area contributed by atoms with Gasteiger partial charge in [-0.25, -0.2) is 4.79 Å². The van der Waals surface area contributed by atoms with Gasteiger partial charge < -0.3 is 9.47 Å². The first-order valence-corrected chi connectivity index (χ1v) is 4.14. The molecule has 0 aromatic carbocycles. The first-order chi connectivity index (χ1) is 5.29. The zero-order valence-electron chi connectivity index (χ0n) is 6.63. The molecule has 1 aliphatic heterocycles. The number of hydrogen-bond donors (Lipinski definition) is 0. The lowest BCUT2D eigenvalue weighted by atomic mass is 10.1. The van der Waals surface area contributed by atoms with Crippen LogP contribution in [0.4, 0.5) is 0 Å². The first kappa shape index (κ1) is 7.10. The minimum atomic E-state index is -0.490. The van der Waals surface area contributed by atoms with Gasteiger partial charge in [0, 0.05) is 0 Å². The van der Waals surface area contributed by atoms with Crippen molar-refractivity contribution in [2.45, 2.75) is 37.9 Å². The second-order valence-corrected chi connectivity index (χ2v) is 3.11. The molecule has 1 saturated carbocycles. The normalized spacial score (nSPS) is 39.9. The van der Waals surface area contributed by atoms with E-state index in [2.05, 4.69) is 0 Å². The number of ether oxygens (including phenoxy) is 2. The summed E-state index contributed by atoms with van der Waals surface area (Å²) >= 11 is 0. The standard InChI is InChI=1S/C8H12O3/c1-2-10-7(9)8-5-3-4-6(8)11-8/h6H,2-5H2,1H3. The van der Waals surface area contributed by atoms with Crippen molar-refractivity contribution in [2.24, 2.45) is 0 Å². The number of esters is 1. The Balaban J connectivity index is 1.99. The van der Waals surface area contributed by atoms with E-state index in [0.717, 1.165) is 19.3 Å². The fourth-order valence-electron chi connectivity index (χ4n) is 1.82. The Hall–Kier alpha value is -0.570. The predicted molar refractivity (Wildman–Crippen MR) is 38.1 cm³/mol. The summed E-state index contributed by atoms with van der Waals surface area (Å²) < 4.78 is 10.2. The minimum Gasteiger partial charge on any atom is -0.464 e. The number of fused-ring (bicyclic) bond motifs is 1. The molecule has 2 unspecified atom stereocenters. The molecule has 0 amide bonds. The monoisotopic (exact) mass is 156 g/mol. The van der Waals surface area contributed by atoms with Crippen LogP contribution in [0.1, 0.15) is 26.2 Å². The van der Waals surface area contributed by atoms with Gasteiger partial charge in [-0.05, 0) is 26.2 Å². The Bertz CT molecular complexity index is 190. The van der Waals surface area contributed by atoms with Crippen LogP contribution in [0.2, 0.25) is 0 Å². The second-order valence-electron chi connectivity index (χ2n) is 3.11. The van der Waals surface area contributed by atoms with Crippen molar-refractivity contribution in [1.82, 2.24) is 0 Å². The molecule has 1 aliphatic carbocycles. The molecule has 0 spiro atoms. The van der Waals surface area contributed by atoms with Crippen molar-refractivity contribution < 1.29 is 14.3 Å². The first-order valence-electron chi connectivity index (χ1n) is 4.14. The zero-order valence-corrected chi connectivity index (χ0v) is 6.63. The van der Waals surface area contributed by atoms with E-state index in [1.807, 2.05) is 6.92 Å². The summed E-state index contributed by atoms with van der Waals surface area (Å²) in [6, 6.07) is 0. The maximum atomic E-state index is 11.3. The van der Waals surface area contributed by atoms with E-state index >= 15 is 0 Å². The third kappa shape index (κ3) is 0.872. The Morgan fingerprint density at radius 3 is 3.09 bits per heavy atom. The van der Waals surface area contributed by atoms with Crippen molar-refractivity contribution >= 4 is 5.97 Å². The van der Waals surface area contributed by atoms with Gasteiger partial charge in [-0.3, -0.25) is 0 Å². The molecule has 0 radical (unpaired) electrons. The quantitative estimate of drug-likeness (QED) is 0.440. The average molecular weight is 156 g/mol. The molecule has 3 nitrogen and oxygen atoms in total. The lowest BCUT2D eigenvalue weighted by molar-refractivity contribution is -0.149. The lowest BCUT2D eigenvalue weighted by Crippen LogP contribution is -2.26. The molecule has 0 N–H and O–H groups in total. The second kappa shape index (κ2) is 2.21. The smallest absolute Gasteiger partial charge is 0.341 e. The molecule has 11 heavy (non-hydrogen) atoms. The SMILES string of the molecule is CCOC(=O)C12CCCC1O2. The molecule has 1 heterocycles. The Morgan fingerprint density at radius 1 is 1.82 bits per heavy atom. The van der Waals surface area contributed by atoms with Crippen LogP contribution >= 0.6 is 0 Å². The van der Waals surface area contributed by atoms with Gasteiger partial charge in [-0.1, -0.05) is 0 Å². The van der Waals surface area contributed by atoms with Crippen LogP contribution in [0.5, 0.6) is 0 Å². The maximum absolute atomic E-state index is 11.3. The summed E-state index contributed by atoms with van der Waals surface area (Å²) in [7, 11) is 0. The van der Waals surface area contributed by atoms with Gasteiger partial charge in [-0.2, -0.15) is 0 Å². The van der Waals surface area contributed by atoms with Crippen molar-refractivity contribution in [2.75, 3.05) is 6.61 Å². The average Bonchev–Trinajstić information content (AvgIpc) is 2.57. The number of carbonyl (C=O) groups excluding carboxylic acids is 1. The van der Waals surface area contributed by atoms with Crippen LogP contribution in [-0.2, 0) is 14.3 Å². The van der Waals surface area contributed by atoms with E-state index in [1.54, 1.807) is 0 Å². The van der Waals surface area contributed by atoms with E-state index in [1.165, 1.54) is 0 Å². The van der Waals surface area contributed by atoms with E-state index in [0.29, 0.717) is 6.61 Å². The van der Waals surface area contributed by atoms with Gasteiger partial charge in [0.25, 0.3) is 0 Å². The summed E-state index contributed by atoms with van der Waals surface area (Å²) in [5.41, 5.74) is -0.490. The van der Waals surface area contributed by atoms with Crippen LogP contribution in [0.25, 0.3) is 0 Å². The lowest BCUT2D eigenvalue weighted by Gasteiger charge is -2.06. The van der Waals surface area contributed by atoms with Gasteiger partial charge >= 0.3 is 5.97 Å². The fourth-order valence-corrected chi connectivity index (χ4v) is 1.82. The molecule has 3 heteroatoms. The Labute approximate surface area is 65.7 Å². The zero-order chi connectivity index (χ0) is 7.90. The summed E-state index contributed by atoms with van der Waals surface area (Å²) in [5, 5.41) is 0. The highest BCUT2D eigenvalue weighted by Crippen LogP contribution is 2.50. The molecular weight excluding hydrogens is 144 g/mol. The van der Waals surface area contributed by atoms with Crippen LogP contribution in [0.3, 0.4) is 0 Å². The molecule has 1 saturated heterocycles. The highest BCUT2D eigenvalue weighted by Gasteiger charge is 2.66. The van der Waals surface area contributed by atoms with Crippen LogP contribution in [0, 0.1) is 0 Å². The van der Waals surface area contributed by atoms with Crippen molar-refractivity contribution in [3.8, 4) is 0 Å². The van der Waals surface area contributed by atoms with E-state index in [4.69, 9.17) is 9.47 Å². The highest BCUT2D eigenvalue weighted by molar-refractivity contribution is 5.84. The number of epoxide rings is 1. The molecule has 0 aromatic heterocycles. The third-order valence-corrected chi connectivity index (χ3v) is 2.45. The van der Waals surface area contributed by atoms with Gasteiger partial charge in [0.2, 0.25) is 0 Å². The molecule has 2 rings (SSSR count). The summed E-state index contributed by atoms with van der Waals surface area (Å²) in [6.45, 7) is 2.28. The summed E-state index contributed by atoms with van der Waals surface area (Å²) in [6.07, 6.45) is 3.17. The van der Waals surface area contributed by atoms with E-state index in [-0.39, 0.29) is 12.1 Å². The molecule has 2 atom stereocenters. The summed E-state index contributed by atoms with van der Waals surface area (Å²) in [5.74, 6) is -0.150. The molecule has 2 fully saturated rings. The largest absolute Gasteiger partial charge is 0.464 e. The molecule has 2 aliphatic rings. The Morgan fingerprint density at radius 2 is 2.64 bits per heavy atom. The van der Waals surface area contributed by atoms with E-state index in [9.17, 15) is 4.79 Å². The van der Waals surface area contributed by atoms with Gasteiger partial charge in [-0.15, -0.1) is 0 Å². The molecule has 62 valence electrons. The topological polar surface area (TPSA) is 38.8 Å². The van der Waals surface area contributed by atoms with Crippen molar-refractivity contribution in [3.05, 3.63) is 0 Å². The Kier molecular flexibility index (Phi) is 1.42. The van der Waals surface area contributed by atoms with E-state index < -0.39 is 5.60 Å². The van der Waals surface area contributed by atoms with Crippen LogP contribution in [-0.4, -0.2) is 24.3 Å². The molecular formula is C8H12O3. The molecule has 0 bridgehead atoms. The van der Waals surface area contributed by atoms with Gasteiger partial charge in [0.05, 0.1) is 12.7 Å².